The second kappa shape index (κ2) is 7.23. The van der Waals surface area contributed by atoms with Crippen molar-refractivity contribution < 1.29 is 17.9 Å². The van der Waals surface area contributed by atoms with Gasteiger partial charge in [0.1, 0.15) is 16.4 Å². The number of benzene rings is 1. The van der Waals surface area contributed by atoms with Crippen LogP contribution in [0.2, 0.25) is 0 Å². The molecule has 0 atom stereocenters. The first-order valence-electron chi connectivity index (χ1n) is 7.54. The van der Waals surface area contributed by atoms with Crippen LogP contribution >= 0.6 is 0 Å². The van der Waals surface area contributed by atoms with E-state index in [-0.39, 0.29) is 17.2 Å². The summed E-state index contributed by atoms with van der Waals surface area (Å²) in [6.07, 6.45) is 1.70. The molecule has 0 bridgehead atoms. The molecule has 8 heteroatoms. The van der Waals surface area contributed by atoms with E-state index >= 15 is 0 Å². The van der Waals surface area contributed by atoms with E-state index < -0.39 is 10.0 Å². The Morgan fingerprint density at radius 1 is 1.25 bits per heavy atom. The van der Waals surface area contributed by atoms with E-state index in [1.807, 2.05) is 18.5 Å². The zero-order valence-corrected chi connectivity index (χ0v) is 15.4. The van der Waals surface area contributed by atoms with Crippen molar-refractivity contribution in [2.24, 2.45) is 0 Å². The molecule has 0 N–H and O–H groups in total. The molecule has 7 nitrogen and oxygen atoms in total. The summed E-state index contributed by atoms with van der Waals surface area (Å²) in [5, 5.41) is 4.25. The van der Waals surface area contributed by atoms with Gasteiger partial charge in [0.05, 0.1) is 20.4 Å². The second-order valence-corrected chi connectivity index (χ2v) is 7.36. The fraction of sp³-hybridized carbons (Fsp3) is 0.438. The van der Waals surface area contributed by atoms with Gasteiger partial charge in [-0.3, -0.25) is 4.68 Å². The number of hydrogen-bond donors (Lipinski definition) is 0. The van der Waals surface area contributed by atoms with Gasteiger partial charge >= 0.3 is 0 Å². The number of rotatable bonds is 7. The normalized spacial score (nSPS) is 11.8. The van der Waals surface area contributed by atoms with Crippen LogP contribution in [0.4, 0.5) is 0 Å². The molecule has 2 aromatic rings. The lowest BCUT2D eigenvalue weighted by molar-refractivity contribution is 0.383. The molecule has 132 valence electrons. The summed E-state index contributed by atoms with van der Waals surface area (Å²) in [5.74, 6) is 0.788. The Kier molecular flexibility index (Phi) is 5.51. The van der Waals surface area contributed by atoms with Gasteiger partial charge in [0.15, 0.2) is 0 Å². The molecule has 1 aromatic heterocycles. The maximum absolute atomic E-state index is 12.9. The Morgan fingerprint density at radius 3 is 2.50 bits per heavy atom. The number of hydrogen-bond acceptors (Lipinski definition) is 5. The van der Waals surface area contributed by atoms with Crippen LogP contribution in [0.5, 0.6) is 11.5 Å². The highest BCUT2D eigenvalue weighted by atomic mass is 32.2. The zero-order valence-electron chi connectivity index (χ0n) is 14.6. The fourth-order valence-corrected chi connectivity index (χ4v) is 3.72. The van der Waals surface area contributed by atoms with Crippen LogP contribution < -0.4 is 9.47 Å². The van der Waals surface area contributed by atoms with Crippen LogP contribution in [-0.4, -0.2) is 43.8 Å². The van der Waals surface area contributed by atoms with E-state index in [9.17, 15) is 8.42 Å². The average Bonchev–Trinajstić information content (AvgIpc) is 2.93. The topological polar surface area (TPSA) is 73.7 Å². The van der Waals surface area contributed by atoms with E-state index in [0.717, 1.165) is 17.8 Å². The van der Waals surface area contributed by atoms with E-state index in [1.165, 1.54) is 24.6 Å². The summed E-state index contributed by atoms with van der Waals surface area (Å²) in [6.45, 7) is 4.91. The molecule has 2 rings (SSSR count). The third-order valence-corrected chi connectivity index (χ3v) is 5.80. The zero-order chi connectivity index (χ0) is 17.9. The number of methoxy groups -OCH3 is 2. The lowest BCUT2D eigenvalue weighted by Gasteiger charge is -2.19. The van der Waals surface area contributed by atoms with Gasteiger partial charge in [-0.05, 0) is 26.0 Å². The van der Waals surface area contributed by atoms with Crippen LogP contribution in [0.3, 0.4) is 0 Å². The monoisotopic (exact) mass is 353 g/mol. The highest BCUT2D eigenvalue weighted by molar-refractivity contribution is 7.89. The fourth-order valence-electron chi connectivity index (χ4n) is 2.44. The average molecular weight is 353 g/mol. The Morgan fingerprint density at radius 2 is 1.96 bits per heavy atom. The number of aromatic nitrogens is 2. The van der Waals surface area contributed by atoms with Gasteiger partial charge in [0, 0.05) is 37.5 Å². The molecule has 0 amide bonds. The molecule has 0 unspecified atom stereocenters. The molecule has 0 aliphatic rings. The predicted octanol–water partition coefficient (Wildman–Crippen LogP) is 2.05. The highest BCUT2D eigenvalue weighted by Crippen LogP contribution is 2.30. The van der Waals surface area contributed by atoms with Crippen molar-refractivity contribution >= 4 is 10.0 Å². The quantitative estimate of drug-likeness (QED) is 0.762. The number of aryl methyl sites for hydroxylation is 1. The summed E-state index contributed by atoms with van der Waals surface area (Å²) >= 11 is 0. The van der Waals surface area contributed by atoms with Gasteiger partial charge in [0.2, 0.25) is 10.0 Å². The molecule has 0 saturated carbocycles. The molecule has 0 radical (unpaired) electrons. The summed E-state index contributed by atoms with van der Waals surface area (Å²) in [7, 11) is 0.791. The van der Waals surface area contributed by atoms with Crippen LogP contribution in [0.1, 0.15) is 18.2 Å². The Bertz CT molecular complexity index is 815. The van der Waals surface area contributed by atoms with E-state index in [0.29, 0.717) is 5.75 Å². The first-order valence-corrected chi connectivity index (χ1v) is 8.98. The SMILES string of the molecule is CCn1ncc(CN(C)S(=O)(=O)c2ccc(OC)cc2OC)c1C. The Balaban J connectivity index is 2.34. The highest BCUT2D eigenvalue weighted by Gasteiger charge is 2.26. The molecule has 0 saturated heterocycles. The van der Waals surface area contributed by atoms with Gasteiger partial charge in [0.25, 0.3) is 0 Å². The molecule has 0 spiro atoms. The summed E-state index contributed by atoms with van der Waals surface area (Å²) < 4.78 is 39.2. The van der Waals surface area contributed by atoms with Gasteiger partial charge in [-0.2, -0.15) is 9.40 Å². The molecule has 0 aliphatic heterocycles. The second-order valence-electron chi connectivity index (χ2n) is 5.35. The summed E-state index contributed by atoms with van der Waals surface area (Å²) in [6, 6.07) is 4.65. The van der Waals surface area contributed by atoms with Crippen LogP contribution in [0.25, 0.3) is 0 Å². The van der Waals surface area contributed by atoms with Crippen LogP contribution in [0, 0.1) is 6.92 Å². The Hall–Kier alpha value is -2.06. The van der Waals surface area contributed by atoms with Crippen molar-refractivity contribution in [2.45, 2.75) is 31.8 Å². The first-order chi connectivity index (χ1) is 11.3. The van der Waals surface area contributed by atoms with E-state index in [4.69, 9.17) is 9.47 Å². The van der Waals surface area contributed by atoms with Crippen molar-refractivity contribution in [3.8, 4) is 11.5 Å². The minimum absolute atomic E-state index is 0.105. The van der Waals surface area contributed by atoms with Crippen LogP contribution in [-0.2, 0) is 23.1 Å². The van der Waals surface area contributed by atoms with Gasteiger partial charge in [-0.25, -0.2) is 8.42 Å². The standard InChI is InChI=1S/C16H23N3O4S/c1-6-19-12(2)13(10-17-19)11-18(3)24(20,21)16-8-7-14(22-4)9-15(16)23-5/h7-10H,6,11H2,1-5H3. The Labute approximate surface area is 142 Å². The van der Waals surface area contributed by atoms with Gasteiger partial charge in [-0.1, -0.05) is 0 Å². The minimum Gasteiger partial charge on any atom is -0.497 e. The van der Waals surface area contributed by atoms with Crippen molar-refractivity contribution in [1.82, 2.24) is 14.1 Å². The maximum atomic E-state index is 12.9. The van der Waals surface area contributed by atoms with Crippen molar-refractivity contribution in [3.63, 3.8) is 0 Å². The molecular formula is C16H23N3O4S. The lowest BCUT2D eigenvalue weighted by Crippen LogP contribution is -2.27. The van der Waals surface area contributed by atoms with E-state index in [1.54, 1.807) is 25.4 Å². The van der Waals surface area contributed by atoms with Gasteiger partial charge in [-0.15, -0.1) is 0 Å². The van der Waals surface area contributed by atoms with Gasteiger partial charge < -0.3 is 9.47 Å². The largest absolute Gasteiger partial charge is 0.497 e. The predicted molar refractivity (Wildman–Crippen MR) is 90.8 cm³/mol. The van der Waals surface area contributed by atoms with E-state index in [2.05, 4.69) is 5.10 Å². The molecule has 0 fully saturated rings. The van der Waals surface area contributed by atoms with Crippen LogP contribution in [0.15, 0.2) is 29.3 Å². The first kappa shape index (κ1) is 18.3. The number of nitrogens with zero attached hydrogens (tertiary/aromatic N) is 3. The molecule has 1 aromatic carbocycles. The molecular weight excluding hydrogens is 330 g/mol. The van der Waals surface area contributed by atoms with Crippen molar-refractivity contribution in [2.75, 3.05) is 21.3 Å². The summed E-state index contributed by atoms with van der Waals surface area (Å²) in [4.78, 5) is 0.105. The lowest BCUT2D eigenvalue weighted by atomic mass is 10.2. The minimum atomic E-state index is -3.70. The molecule has 1 heterocycles. The summed E-state index contributed by atoms with van der Waals surface area (Å²) in [5.41, 5.74) is 1.83. The third kappa shape index (κ3) is 3.39. The smallest absolute Gasteiger partial charge is 0.246 e. The number of ether oxygens (including phenoxy) is 2. The number of sulfonamides is 1. The molecule has 24 heavy (non-hydrogen) atoms. The maximum Gasteiger partial charge on any atom is 0.246 e. The third-order valence-electron chi connectivity index (χ3n) is 3.96. The van der Waals surface area contributed by atoms with Crippen molar-refractivity contribution in [3.05, 3.63) is 35.7 Å². The molecule has 0 aliphatic carbocycles. The van der Waals surface area contributed by atoms with Crippen molar-refractivity contribution in [1.29, 1.82) is 0 Å².